The van der Waals surface area contributed by atoms with Crippen LogP contribution in [0.1, 0.15) is 43.9 Å². The minimum absolute atomic E-state index is 0.0343. The number of hydrogen-bond donors (Lipinski definition) is 1. The maximum absolute atomic E-state index is 12.2. The summed E-state index contributed by atoms with van der Waals surface area (Å²) < 4.78 is 7.20. The molecule has 1 amide bonds. The van der Waals surface area contributed by atoms with Gasteiger partial charge in [0, 0.05) is 19.7 Å². The fraction of sp³-hybridized carbons (Fsp3) is 0.444. The Hall–Kier alpha value is -2.30. The standard InChI is InChI=1S/C18H25N3O2/c1-4-17(15-7-9-16(10-8-15)23-5-2)20-18(22)11-6-14-12-19-21(3)13-14/h7-10,12-13,17H,4-6,11H2,1-3H3,(H,20,22). The van der Waals surface area contributed by atoms with E-state index in [4.69, 9.17) is 4.74 Å². The lowest BCUT2D eigenvalue weighted by Crippen LogP contribution is -2.28. The predicted octanol–water partition coefficient (Wildman–Crippen LogP) is 3.02. The number of carbonyl (C=O) groups excluding carboxylic acids is 1. The van der Waals surface area contributed by atoms with Crippen LogP contribution in [0.25, 0.3) is 0 Å². The first-order chi connectivity index (χ1) is 11.1. The summed E-state index contributed by atoms with van der Waals surface area (Å²) in [7, 11) is 1.88. The first-order valence-corrected chi connectivity index (χ1v) is 8.12. The topological polar surface area (TPSA) is 56.1 Å². The first kappa shape index (κ1) is 17.1. The van der Waals surface area contributed by atoms with Crippen molar-refractivity contribution in [2.24, 2.45) is 7.05 Å². The summed E-state index contributed by atoms with van der Waals surface area (Å²) >= 11 is 0. The second-order valence-electron chi connectivity index (χ2n) is 5.55. The van der Waals surface area contributed by atoms with Crippen molar-refractivity contribution >= 4 is 5.91 Å². The third-order valence-electron chi connectivity index (χ3n) is 3.74. The molecule has 1 aromatic carbocycles. The average molecular weight is 315 g/mol. The van der Waals surface area contributed by atoms with Crippen molar-refractivity contribution in [2.75, 3.05) is 6.61 Å². The summed E-state index contributed by atoms with van der Waals surface area (Å²) in [4.78, 5) is 12.2. The van der Waals surface area contributed by atoms with Gasteiger partial charge < -0.3 is 10.1 Å². The number of ether oxygens (including phenoxy) is 1. The normalized spacial score (nSPS) is 12.0. The number of carbonyl (C=O) groups is 1. The molecule has 1 heterocycles. The number of rotatable bonds is 8. The van der Waals surface area contributed by atoms with E-state index in [0.717, 1.165) is 23.3 Å². The van der Waals surface area contributed by atoms with Crippen molar-refractivity contribution in [2.45, 2.75) is 39.2 Å². The van der Waals surface area contributed by atoms with Crippen LogP contribution in [0.15, 0.2) is 36.7 Å². The van der Waals surface area contributed by atoms with E-state index in [0.29, 0.717) is 19.4 Å². The van der Waals surface area contributed by atoms with E-state index in [1.807, 2.05) is 44.4 Å². The highest BCUT2D eigenvalue weighted by molar-refractivity contribution is 5.76. The molecule has 0 radical (unpaired) electrons. The Morgan fingerprint density at radius 1 is 1.30 bits per heavy atom. The van der Waals surface area contributed by atoms with Crippen LogP contribution in [0.3, 0.4) is 0 Å². The van der Waals surface area contributed by atoms with Crippen molar-refractivity contribution in [3.05, 3.63) is 47.8 Å². The second-order valence-corrected chi connectivity index (χ2v) is 5.55. The first-order valence-electron chi connectivity index (χ1n) is 8.12. The lowest BCUT2D eigenvalue weighted by molar-refractivity contribution is -0.121. The molecule has 0 aliphatic heterocycles. The Morgan fingerprint density at radius 3 is 2.61 bits per heavy atom. The largest absolute Gasteiger partial charge is 0.494 e. The Morgan fingerprint density at radius 2 is 2.04 bits per heavy atom. The third-order valence-corrected chi connectivity index (χ3v) is 3.74. The fourth-order valence-corrected chi connectivity index (χ4v) is 2.51. The number of nitrogens with one attached hydrogen (secondary N) is 1. The molecule has 0 aliphatic carbocycles. The fourth-order valence-electron chi connectivity index (χ4n) is 2.51. The molecule has 0 saturated heterocycles. The van der Waals surface area contributed by atoms with Crippen LogP contribution in [0, 0.1) is 0 Å². The molecule has 1 N–H and O–H groups in total. The van der Waals surface area contributed by atoms with E-state index < -0.39 is 0 Å². The van der Waals surface area contributed by atoms with Gasteiger partial charge in [0.2, 0.25) is 5.91 Å². The highest BCUT2D eigenvalue weighted by Gasteiger charge is 2.13. The summed E-state index contributed by atoms with van der Waals surface area (Å²) in [6, 6.07) is 7.96. The van der Waals surface area contributed by atoms with Gasteiger partial charge in [0.25, 0.3) is 0 Å². The summed E-state index contributed by atoms with van der Waals surface area (Å²) in [5.41, 5.74) is 2.18. The second kappa shape index (κ2) is 8.36. The average Bonchev–Trinajstić information content (AvgIpc) is 2.97. The van der Waals surface area contributed by atoms with E-state index in [1.54, 1.807) is 10.9 Å². The van der Waals surface area contributed by atoms with Crippen molar-refractivity contribution in [3.8, 4) is 5.75 Å². The van der Waals surface area contributed by atoms with Crippen LogP contribution in [0.2, 0.25) is 0 Å². The van der Waals surface area contributed by atoms with Gasteiger partial charge in [0.15, 0.2) is 0 Å². The highest BCUT2D eigenvalue weighted by atomic mass is 16.5. The molecule has 5 nitrogen and oxygen atoms in total. The molecule has 1 aromatic heterocycles. The highest BCUT2D eigenvalue weighted by Crippen LogP contribution is 2.20. The number of hydrogen-bond acceptors (Lipinski definition) is 3. The lowest BCUT2D eigenvalue weighted by Gasteiger charge is -2.18. The van der Waals surface area contributed by atoms with E-state index in [9.17, 15) is 4.79 Å². The molecule has 0 bridgehead atoms. The number of aromatic nitrogens is 2. The van der Waals surface area contributed by atoms with Gasteiger partial charge in [0.05, 0.1) is 18.8 Å². The minimum Gasteiger partial charge on any atom is -0.494 e. The molecule has 1 atom stereocenters. The van der Waals surface area contributed by atoms with Gasteiger partial charge in [-0.3, -0.25) is 9.48 Å². The zero-order valence-corrected chi connectivity index (χ0v) is 14.1. The van der Waals surface area contributed by atoms with E-state index in [2.05, 4.69) is 17.3 Å². The Labute approximate surface area is 137 Å². The zero-order chi connectivity index (χ0) is 16.7. The van der Waals surface area contributed by atoms with Crippen molar-refractivity contribution in [1.29, 1.82) is 0 Å². The molecule has 0 spiro atoms. The molecule has 0 fully saturated rings. The molecule has 23 heavy (non-hydrogen) atoms. The van der Waals surface area contributed by atoms with Crippen molar-refractivity contribution in [1.82, 2.24) is 15.1 Å². The van der Waals surface area contributed by atoms with E-state index in [1.165, 1.54) is 0 Å². The Kier molecular flexibility index (Phi) is 6.20. The minimum atomic E-state index is 0.0343. The van der Waals surface area contributed by atoms with Crippen LogP contribution in [0.4, 0.5) is 0 Å². The van der Waals surface area contributed by atoms with Crippen molar-refractivity contribution < 1.29 is 9.53 Å². The maximum Gasteiger partial charge on any atom is 0.220 e. The maximum atomic E-state index is 12.2. The summed E-state index contributed by atoms with van der Waals surface area (Å²) in [5.74, 6) is 0.920. The summed E-state index contributed by atoms with van der Waals surface area (Å²) in [6.07, 6.45) is 5.78. The molecule has 2 rings (SSSR count). The van der Waals surface area contributed by atoms with Gasteiger partial charge >= 0.3 is 0 Å². The van der Waals surface area contributed by atoms with E-state index in [-0.39, 0.29) is 11.9 Å². The molecular formula is C18H25N3O2. The third kappa shape index (κ3) is 5.13. The van der Waals surface area contributed by atoms with Gasteiger partial charge in [-0.25, -0.2) is 0 Å². The Bertz CT molecular complexity index is 619. The zero-order valence-electron chi connectivity index (χ0n) is 14.1. The van der Waals surface area contributed by atoms with Crippen LogP contribution in [-0.2, 0) is 18.3 Å². The van der Waals surface area contributed by atoms with Crippen LogP contribution in [-0.4, -0.2) is 22.3 Å². The number of benzene rings is 1. The lowest BCUT2D eigenvalue weighted by atomic mass is 10.0. The monoisotopic (exact) mass is 315 g/mol. The quantitative estimate of drug-likeness (QED) is 0.814. The van der Waals surface area contributed by atoms with Gasteiger partial charge in [-0.1, -0.05) is 19.1 Å². The van der Waals surface area contributed by atoms with Crippen LogP contribution < -0.4 is 10.1 Å². The summed E-state index contributed by atoms with van der Waals surface area (Å²) in [5, 5.41) is 7.22. The number of aryl methyl sites for hydroxylation is 2. The SMILES string of the molecule is CCOc1ccc(C(CC)NC(=O)CCc2cnn(C)c2)cc1. The molecule has 0 saturated carbocycles. The number of nitrogens with zero attached hydrogens (tertiary/aromatic N) is 2. The Balaban J connectivity index is 1.88. The molecule has 1 unspecified atom stereocenters. The van der Waals surface area contributed by atoms with Gasteiger partial charge in [-0.05, 0) is 43.0 Å². The summed E-state index contributed by atoms with van der Waals surface area (Å²) in [6.45, 7) is 4.69. The number of amides is 1. The van der Waals surface area contributed by atoms with Gasteiger partial charge in [-0.15, -0.1) is 0 Å². The predicted molar refractivity (Wildman–Crippen MR) is 90.3 cm³/mol. The van der Waals surface area contributed by atoms with Crippen LogP contribution in [0.5, 0.6) is 5.75 Å². The molecule has 124 valence electrons. The molecular weight excluding hydrogens is 290 g/mol. The van der Waals surface area contributed by atoms with Gasteiger partial charge in [-0.2, -0.15) is 5.10 Å². The van der Waals surface area contributed by atoms with Gasteiger partial charge in [0.1, 0.15) is 5.75 Å². The molecule has 5 heteroatoms. The molecule has 0 aliphatic rings. The van der Waals surface area contributed by atoms with E-state index >= 15 is 0 Å². The van der Waals surface area contributed by atoms with Crippen LogP contribution >= 0.6 is 0 Å². The van der Waals surface area contributed by atoms with Crippen molar-refractivity contribution in [3.63, 3.8) is 0 Å². The molecule has 2 aromatic rings. The smallest absolute Gasteiger partial charge is 0.220 e.